The molecule has 21 heavy (non-hydrogen) atoms. The molecule has 4 heteroatoms. The van der Waals surface area contributed by atoms with E-state index < -0.39 is 11.9 Å². The molecule has 0 spiro atoms. The van der Waals surface area contributed by atoms with Crippen LogP contribution in [0.1, 0.15) is 58.8 Å². The molecule has 0 heterocycles. The van der Waals surface area contributed by atoms with Crippen molar-refractivity contribution in [3.05, 3.63) is 0 Å². The first-order valence-electron chi connectivity index (χ1n) is 8.51. The standard InChI is InChI=1S/C17H29NO3/c1-3-12-4-6-13(7-5-12)10-18-16(19)14-8-11(2)9-15(14)17(20)21/h11-15H,3-10H2,1-2H3,(H,18,19)(H,20,21)/t11?,12?,13?,14-,15+/m0/s1. The molecular formula is C17H29NO3. The summed E-state index contributed by atoms with van der Waals surface area (Å²) in [5.74, 6) is 0.109. The highest BCUT2D eigenvalue weighted by Crippen LogP contribution is 2.36. The zero-order valence-corrected chi connectivity index (χ0v) is 13.3. The number of aliphatic carboxylic acids is 1. The van der Waals surface area contributed by atoms with Crippen molar-refractivity contribution < 1.29 is 14.7 Å². The predicted molar refractivity (Wildman–Crippen MR) is 81.8 cm³/mol. The Morgan fingerprint density at radius 1 is 1.05 bits per heavy atom. The van der Waals surface area contributed by atoms with Crippen molar-refractivity contribution in [1.29, 1.82) is 0 Å². The maximum Gasteiger partial charge on any atom is 0.307 e. The van der Waals surface area contributed by atoms with Gasteiger partial charge in [-0.3, -0.25) is 9.59 Å². The Hall–Kier alpha value is -1.06. The average molecular weight is 295 g/mol. The zero-order chi connectivity index (χ0) is 15.4. The molecule has 0 aromatic carbocycles. The molecule has 0 aliphatic heterocycles. The van der Waals surface area contributed by atoms with Gasteiger partial charge in [0.1, 0.15) is 0 Å². The molecule has 0 bridgehead atoms. The number of rotatable bonds is 5. The lowest BCUT2D eigenvalue weighted by Gasteiger charge is -2.28. The van der Waals surface area contributed by atoms with Crippen molar-refractivity contribution in [2.24, 2.45) is 29.6 Å². The SMILES string of the molecule is CCC1CCC(CNC(=O)[C@H]2CC(C)C[C@H]2C(=O)O)CC1. The average Bonchev–Trinajstić information content (AvgIpc) is 2.87. The molecule has 4 nitrogen and oxygen atoms in total. The van der Waals surface area contributed by atoms with Crippen molar-refractivity contribution in [2.45, 2.75) is 58.8 Å². The minimum Gasteiger partial charge on any atom is -0.481 e. The van der Waals surface area contributed by atoms with Gasteiger partial charge in [-0.05, 0) is 43.4 Å². The maximum atomic E-state index is 12.3. The third kappa shape index (κ3) is 4.21. The van der Waals surface area contributed by atoms with Crippen molar-refractivity contribution in [3.8, 4) is 0 Å². The summed E-state index contributed by atoms with van der Waals surface area (Å²) in [6.07, 6.45) is 7.55. The Morgan fingerprint density at radius 3 is 2.19 bits per heavy atom. The second-order valence-electron chi connectivity index (χ2n) is 7.17. The van der Waals surface area contributed by atoms with E-state index in [1.165, 1.54) is 32.1 Å². The van der Waals surface area contributed by atoms with Gasteiger partial charge in [0.15, 0.2) is 0 Å². The monoisotopic (exact) mass is 295 g/mol. The van der Waals surface area contributed by atoms with Gasteiger partial charge in [0, 0.05) is 6.54 Å². The van der Waals surface area contributed by atoms with Crippen LogP contribution in [0.15, 0.2) is 0 Å². The van der Waals surface area contributed by atoms with Crippen LogP contribution in [0.2, 0.25) is 0 Å². The van der Waals surface area contributed by atoms with Crippen molar-refractivity contribution in [1.82, 2.24) is 5.32 Å². The van der Waals surface area contributed by atoms with Crippen LogP contribution in [0.25, 0.3) is 0 Å². The maximum absolute atomic E-state index is 12.3. The van der Waals surface area contributed by atoms with Crippen LogP contribution in [0.5, 0.6) is 0 Å². The lowest BCUT2D eigenvalue weighted by atomic mass is 9.81. The molecule has 0 saturated heterocycles. The number of carbonyl (C=O) groups excluding carboxylic acids is 1. The van der Waals surface area contributed by atoms with E-state index in [0.29, 0.717) is 24.7 Å². The number of hydrogen-bond donors (Lipinski definition) is 2. The molecule has 0 radical (unpaired) electrons. The first-order chi connectivity index (χ1) is 10.0. The molecule has 2 rings (SSSR count). The molecule has 0 aromatic rings. The van der Waals surface area contributed by atoms with Gasteiger partial charge in [0.25, 0.3) is 0 Å². The second-order valence-corrected chi connectivity index (χ2v) is 7.17. The van der Waals surface area contributed by atoms with E-state index in [4.69, 9.17) is 0 Å². The lowest BCUT2D eigenvalue weighted by molar-refractivity contribution is -0.146. The quantitative estimate of drug-likeness (QED) is 0.819. The number of carboxylic acids is 1. The molecule has 2 fully saturated rings. The van der Waals surface area contributed by atoms with E-state index in [-0.39, 0.29) is 11.8 Å². The number of hydrogen-bond acceptors (Lipinski definition) is 2. The highest BCUT2D eigenvalue weighted by molar-refractivity contribution is 5.85. The molecule has 2 saturated carbocycles. The Bertz CT molecular complexity index is 374. The van der Waals surface area contributed by atoms with Gasteiger partial charge in [-0.1, -0.05) is 33.1 Å². The normalized spacial score (nSPS) is 36.4. The molecule has 2 aliphatic carbocycles. The molecule has 1 unspecified atom stereocenters. The third-order valence-electron chi connectivity index (χ3n) is 5.56. The number of nitrogens with one attached hydrogen (secondary N) is 1. The molecule has 3 atom stereocenters. The summed E-state index contributed by atoms with van der Waals surface area (Å²) in [6, 6.07) is 0. The highest BCUT2D eigenvalue weighted by Gasteiger charge is 2.41. The first kappa shape index (κ1) is 16.3. The van der Waals surface area contributed by atoms with Crippen LogP contribution in [0.4, 0.5) is 0 Å². The third-order valence-corrected chi connectivity index (χ3v) is 5.56. The number of carbonyl (C=O) groups is 2. The van der Waals surface area contributed by atoms with Crippen molar-refractivity contribution in [3.63, 3.8) is 0 Å². The summed E-state index contributed by atoms with van der Waals surface area (Å²) >= 11 is 0. The fourth-order valence-electron chi connectivity index (χ4n) is 4.07. The molecule has 2 aliphatic rings. The fraction of sp³-hybridized carbons (Fsp3) is 0.882. The molecular weight excluding hydrogens is 266 g/mol. The number of carboxylic acid groups (broad SMARTS) is 1. The van der Waals surface area contributed by atoms with Gasteiger partial charge in [-0.25, -0.2) is 0 Å². The molecule has 2 N–H and O–H groups in total. The summed E-state index contributed by atoms with van der Waals surface area (Å²) in [5, 5.41) is 12.3. The fourth-order valence-corrected chi connectivity index (χ4v) is 4.07. The van der Waals surface area contributed by atoms with Crippen molar-refractivity contribution in [2.75, 3.05) is 6.54 Å². The largest absolute Gasteiger partial charge is 0.481 e. The topological polar surface area (TPSA) is 66.4 Å². The smallest absolute Gasteiger partial charge is 0.307 e. The summed E-state index contributed by atoms with van der Waals surface area (Å²) in [4.78, 5) is 23.6. The van der Waals surface area contributed by atoms with Crippen LogP contribution in [0, 0.1) is 29.6 Å². The van der Waals surface area contributed by atoms with E-state index in [2.05, 4.69) is 12.2 Å². The van der Waals surface area contributed by atoms with E-state index in [1.807, 2.05) is 6.92 Å². The molecule has 0 aromatic heterocycles. The first-order valence-corrected chi connectivity index (χ1v) is 8.51. The lowest BCUT2D eigenvalue weighted by Crippen LogP contribution is -2.38. The molecule has 120 valence electrons. The van der Waals surface area contributed by atoms with Gasteiger partial charge in [0.2, 0.25) is 5.91 Å². The summed E-state index contributed by atoms with van der Waals surface area (Å²) in [7, 11) is 0. The van der Waals surface area contributed by atoms with E-state index in [9.17, 15) is 14.7 Å². The van der Waals surface area contributed by atoms with E-state index in [0.717, 1.165) is 12.5 Å². The highest BCUT2D eigenvalue weighted by atomic mass is 16.4. The van der Waals surface area contributed by atoms with Crippen molar-refractivity contribution >= 4 is 11.9 Å². The van der Waals surface area contributed by atoms with Gasteiger partial charge < -0.3 is 10.4 Å². The van der Waals surface area contributed by atoms with E-state index >= 15 is 0 Å². The van der Waals surface area contributed by atoms with Crippen LogP contribution >= 0.6 is 0 Å². The zero-order valence-electron chi connectivity index (χ0n) is 13.3. The Morgan fingerprint density at radius 2 is 1.62 bits per heavy atom. The predicted octanol–water partition coefficient (Wildman–Crippen LogP) is 3.07. The molecule has 1 amide bonds. The van der Waals surface area contributed by atoms with Gasteiger partial charge in [-0.2, -0.15) is 0 Å². The minimum atomic E-state index is -0.817. The summed E-state index contributed by atoms with van der Waals surface area (Å²) < 4.78 is 0. The second kappa shape index (κ2) is 7.28. The van der Waals surface area contributed by atoms with Crippen LogP contribution in [-0.4, -0.2) is 23.5 Å². The Balaban J connectivity index is 1.78. The van der Waals surface area contributed by atoms with E-state index in [1.54, 1.807) is 0 Å². The minimum absolute atomic E-state index is 0.0376. The van der Waals surface area contributed by atoms with Gasteiger partial charge in [-0.15, -0.1) is 0 Å². The number of amides is 1. The Kier molecular flexibility index (Phi) is 5.65. The van der Waals surface area contributed by atoms with Crippen LogP contribution in [-0.2, 0) is 9.59 Å². The Labute approximate surface area is 127 Å². The van der Waals surface area contributed by atoms with Crippen LogP contribution < -0.4 is 5.32 Å². The van der Waals surface area contributed by atoms with Crippen LogP contribution in [0.3, 0.4) is 0 Å². The van der Waals surface area contributed by atoms with Gasteiger partial charge in [0.05, 0.1) is 11.8 Å². The van der Waals surface area contributed by atoms with Gasteiger partial charge >= 0.3 is 5.97 Å². The summed E-state index contributed by atoms with van der Waals surface area (Å²) in [6.45, 7) is 5.02. The summed E-state index contributed by atoms with van der Waals surface area (Å²) in [5.41, 5.74) is 0.